The van der Waals surface area contributed by atoms with Crippen molar-refractivity contribution < 1.29 is 14.3 Å². The van der Waals surface area contributed by atoms with Crippen LogP contribution in [0.2, 0.25) is 0 Å². The summed E-state index contributed by atoms with van der Waals surface area (Å²) < 4.78 is 4.61. The van der Waals surface area contributed by atoms with Crippen LogP contribution in [-0.2, 0) is 4.74 Å². The number of esters is 1. The highest BCUT2D eigenvalue weighted by Gasteiger charge is 2.18. The SMILES string of the molecule is COC(=O)c1ccc2c(c1)SCNC2=O. The Bertz CT molecular complexity index is 431. The average molecular weight is 223 g/mol. The van der Waals surface area contributed by atoms with Gasteiger partial charge in [-0.3, -0.25) is 4.79 Å². The van der Waals surface area contributed by atoms with Gasteiger partial charge in [0.1, 0.15) is 0 Å². The maximum absolute atomic E-state index is 11.4. The molecular formula is C10H9NO3S. The highest BCUT2D eigenvalue weighted by molar-refractivity contribution is 7.99. The molecule has 0 saturated heterocycles. The van der Waals surface area contributed by atoms with Crippen LogP contribution in [0.5, 0.6) is 0 Å². The summed E-state index contributed by atoms with van der Waals surface area (Å²) >= 11 is 1.49. The van der Waals surface area contributed by atoms with Crippen LogP contribution in [0.25, 0.3) is 0 Å². The van der Waals surface area contributed by atoms with E-state index in [0.29, 0.717) is 17.0 Å². The molecule has 0 unspecified atom stereocenters. The van der Waals surface area contributed by atoms with Crippen molar-refractivity contribution in [3.8, 4) is 0 Å². The fourth-order valence-corrected chi connectivity index (χ4v) is 2.23. The smallest absolute Gasteiger partial charge is 0.337 e. The van der Waals surface area contributed by atoms with Gasteiger partial charge in [-0.1, -0.05) is 0 Å². The Morgan fingerprint density at radius 3 is 3.07 bits per heavy atom. The molecule has 5 heteroatoms. The third kappa shape index (κ3) is 1.83. The van der Waals surface area contributed by atoms with E-state index in [2.05, 4.69) is 10.1 Å². The molecule has 4 nitrogen and oxygen atoms in total. The number of thioether (sulfide) groups is 1. The summed E-state index contributed by atoms with van der Waals surface area (Å²) in [5.74, 6) is 0.0563. The van der Waals surface area contributed by atoms with E-state index in [1.807, 2.05) is 0 Å². The highest BCUT2D eigenvalue weighted by atomic mass is 32.2. The van der Waals surface area contributed by atoms with Gasteiger partial charge in [0.15, 0.2) is 0 Å². The van der Waals surface area contributed by atoms with Gasteiger partial charge in [-0.05, 0) is 18.2 Å². The molecule has 1 aromatic carbocycles. The molecular weight excluding hydrogens is 214 g/mol. The number of nitrogens with one attached hydrogen (secondary N) is 1. The van der Waals surface area contributed by atoms with Gasteiger partial charge in [-0.15, -0.1) is 11.8 Å². The number of amides is 1. The first-order valence-corrected chi connectivity index (χ1v) is 5.34. The Labute approximate surface area is 91.0 Å². The molecule has 15 heavy (non-hydrogen) atoms. The zero-order valence-electron chi connectivity index (χ0n) is 8.07. The van der Waals surface area contributed by atoms with E-state index in [4.69, 9.17) is 0 Å². The third-order valence-electron chi connectivity index (χ3n) is 2.11. The topological polar surface area (TPSA) is 55.4 Å². The summed E-state index contributed by atoms with van der Waals surface area (Å²) in [6.07, 6.45) is 0. The molecule has 0 saturated carbocycles. The van der Waals surface area contributed by atoms with Crippen LogP contribution >= 0.6 is 11.8 Å². The summed E-state index contributed by atoms with van der Waals surface area (Å²) in [4.78, 5) is 23.5. The van der Waals surface area contributed by atoms with Crippen LogP contribution in [0.3, 0.4) is 0 Å². The van der Waals surface area contributed by atoms with Crippen molar-refractivity contribution in [2.24, 2.45) is 0 Å². The third-order valence-corrected chi connectivity index (χ3v) is 3.05. The first-order chi connectivity index (χ1) is 7.22. The van der Waals surface area contributed by atoms with Crippen LogP contribution in [0.15, 0.2) is 23.1 Å². The lowest BCUT2D eigenvalue weighted by Gasteiger charge is -2.15. The lowest BCUT2D eigenvalue weighted by atomic mass is 10.1. The molecule has 0 fully saturated rings. The maximum atomic E-state index is 11.4. The molecule has 1 heterocycles. The summed E-state index contributed by atoms with van der Waals surface area (Å²) in [6, 6.07) is 4.92. The van der Waals surface area contributed by atoms with Gasteiger partial charge in [-0.25, -0.2) is 4.79 Å². The van der Waals surface area contributed by atoms with Gasteiger partial charge < -0.3 is 10.1 Å². The Morgan fingerprint density at radius 1 is 1.53 bits per heavy atom. The summed E-state index contributed by atoms with van der Waals surface area (Å²) in [6.45, 7) is 0. The molecule has 1 aromatic rings. The van der Waals surface area contributed by atoms with E-state index in [1.54, 1.807) is 18.2 Å². The molecule has 1 aliphatic heterocycles. The minimum Gasteiger partial charge on any atom is -0.465 e. The molecule has 78 valence electrons. The molecule has 0 atom stereocenters. The van der Waals surface area contributed by atoms with Crippen molar-refractivity contribution in [3.63, 3.8) is 0 Å². The van der Waals surface area contributed by atoms with Crippen molar-refractivity contribution in [1.82, 2.24) is 5.32 Å². The van der Waals surface area contributed by atoms with Gasteiger partial charge in [0.05, 0.1) is 24.1 Å². The van der Waals surface area contributed by atoms with Crippen LogP contribution in [-0.4, -0.2) is 24.9 Å². The fourth-order valence-electron chi connectivity index (χ4n) is 1.35. The van der Waals surface area contributed by atoms with Crippen molar-refractivity contribution in [2.45, 2.75) is 4.90 Å². The monoisotopic (exact) mass is 223 g/mol. The Kier molecular flexibility index (Phi) is 2.64. The average Bonchev–Trinajstić information content (AvgIpc) is 2.28. The lowest BCUT2D eigenvalue weighted by molar-refractivity contribution is 0.0600. The predicted molar refractivity (Wildman–Crippen MR) is 56.0 cm³/mol. The van der Waals surface area contributed by atoms with Crippen LogP contribution in [0.1, 0.15) is 20.7 Å². The molecule has 2 rings (SSSR count). The van der Waals surface area contributed by atoms with Gasteiger partial charge in [-0.2, -0.15) is 0 Å². The van der Waals surface area contributed by atoms with Crippen molar-refractivity contribution in [3.05, 3.63) is 29.3 Å². The molecule has 1 amide bonds. The van der Waals surface area contributed by atoms with Crippen LogP contribution < -0.4 is 5.32 Å². The van der Waals surface area contributed by atoms with Crippen molar-refractivity contribution >= 4 is 23.6 Å². The first kappa shape index (κ1) is 10.0. The molecule has 0 aliphatic carbocycles. The minimum atomic E-state index is -0.385. The molecule has 0 spiro atoms. The number of hydrogen-bond acceptors (Lipinski definition) is 4. The van der Waals surface area contributed by atoms with E-state index in [1.165, 1.54) is 18.9 Å². The number of carbonyl (C=O) groups excluding carboxylic acids is 2. The van der Waals surface area contributed by atoms with Crippen molar-refractivity contribution in [1.29, 1.82) is 0 Å². The molecule has 0 bridgehead atoms. The Morgan fingerprint density at radius 2 is 2.33 bits per heavy atom. The lowest BCUT2D eigenvalue weighted by Crippen LogP contribution is -2.27. The molecule has 0 aromatic heterocycles. The van der Waals surface area contributed by atoms with E-state index in [-0.39, 0.29) is 11.9 Å². The number of hydrogen-bond donors (Lipinski definition) is 1. The number of methoxy groups -OCH3 is 1. The molecule has 0 radical (unpaired) electrons. The second-order valence-corrected chi connectivity index (χ2v) is 4.01. The van der Waals surface area contributed by atoms with E-state index < -0.39 is 0 Å². The standard InChI is InChI=1S/C10H9NO3S/c1-14-10(13)6-2-3-7-8(4-6)15-5-11-9(7)12/h2-4H,5H2,1H3,(H,11,12). The summed E-state index contributed by atoms with van der Waals surface area (Å²) in [5.41, 5.74) is 1.08. The molecule has 1 aliphatic rings. The second kappa shape index (κ2) is 3.94. The quantitative estimate of drug-likeness (QED) is 0.728. The number of benzene rings is 1. The Balaban J connectivity index is 2.41. The van der Waals surface area contributed by atoms with Gasteiger partial charge in [0.25, 0.3) is 5.91 Å². The van der Waals surface area contributed by atoms with Crippen LogP contribution in [0, 0.1) is 0 Å². The zero-order chi connectivity index (χ0) is 10.8. The Hall–Kier alpha value is -1.49. The fraction of sp³-hybridized carbons (Fsp3) is 0.200. The minimum absolute atomic E-state index is 0.0971. The first-order valence-electron chi connectivity index (χ1n) is 4.36. The maximum Gasteiger partial charge on any atom is 0.337 e. The van der Waals surface area contributed by atoms with Gasteiger partial charge in [0.2, 0.25) is 0 Å². The van der Waals surface area contributed by atoms with E-state index in [0.717, 1.165) is 4.90 Å². The second-order valence-electron chi connectivity index (χ2n) is 3.00. The van der Waals surface area contributed by atoms with Gasteiger partial charge >= 0.3 is 5.97 Å². The summed E-state index contributed by atoms with van der Waals surface area (Å²) in [7, 11) is 1.33. The van der Waals surface area contributed by atoms with E-state index >= 15 is 0 Å². The van der Waals surface area contributed by atoms with Gasteiger partial charge in [0, 0.05) is 4.90 Å². The summed E-state index contributed by atoms with van der Waals surface area (Å²) in [5, 5.41) is 2.71. The largest absolute Gasteiger partial charge is 0.465 e. The number of rotatable bonds is 1. The van der Waals surface area contributed by atoms with Crippen molar-refractivity contribution in [2.75, 3.05) is 13.0 Å². The predicted octanol–water partition coefficient (Wildman–Crippen LogP) is 1.27. The number of fused-ring (bicyclic) bond motifs is 1. The van der Waals surface area contributed by atoms with Crippen LogP contribution in [0.4, 0.5) is 0 Å². The normalized spacial score (nSPS) is 14.1. The number of ether oxygens (including phenoxy) is 1. The zero-order valence-corrected chi connectivity index (χ0v) is 8.89. The number of carbonyl (C=O) groups is 2. The highest BCUT2D eigenvalue weighted by Crippen LogP contribution is 2.26. The molecule has 1 N–H and O–H groups in total. The van der Waals surface area contributed by atoms with E-state index in [9.17, 15) is 9.59 Å².